The zero-order valence-corrected chi connectivity index (χ0v) is 12.0. The molecular weight excluding hydrogens is 256 g/mol. The molecule has 0 bridgehead atoms. The van der Waals surface area contributed by atoms with E-state index in [0.29, 0.717) is 17.7 Å². The highest BCUT2D eigenvalue weighted by Crippen LogP contribution is 2.22. The third-order valence-electron chi connectivity index (χ3n) is 2.98. The van der Waals surface area contributed by atoms with Gasteiger partial charge in [0.2, 0.25) is 5.91 Å². The highest BCUT2D eigenvalue weighted by Gasteiger charge is 2.06. The Labute approximate surface area is 119 Å². The molecule has 110 valence electrons. The van der Waals surface area contributed by atoms with E-state index < -0.39 is 0 Å². The van der Waals surface area contributed by atoms with Gasteiger partial charge in [0, 0.05) is 18.1 Å². The van der Waals surface area contributed by atoms with Crippen LogP contribution in [0.15, 0.2) is 23.3 Å². The van der Waals surface area contributed by atoms with Crippen LogP contribution in [-0.2, 0) is 4.79 Å². The molecule has 0 aliphatic heterocycles. The van der Waals surface area contributed by atoms with Crippen molar-refractivity contribution < 1.29 is 15.0 Å². The van der Waals surface area contributed by atoms with Gasteiger partial charge >= 0.3 is 0 Å². The molecule has 0 spiro atoms. The summed E-state index contributed by atoms with van der Waals surface area (Å²) in [7, 11) is 0. The molecule has 0 atom stereocenters. The van der Waals surface area contributed by atoms with Gasteiger partial charge in [-0.3, -0.25) is 4.79 Å². The van der Waals surface area contributed by atoms with Gasteiger partial charge in [0.15, 0.2) is 0 Å². The van der Waals surface area contributed by atoms with Gasteiger partial charge in [-0.2, -0.15) is 5.10 Å². The van der Waals surface area contributed by atoms with Crippen LogP contribution in [0.1, 0.15) is 51.5 Å². The van der Waals surface area contributed by atoms with E-state index in [-0.39, 0.29) is 17.4 Å². The van der Waals surface area contributed by atoms with E-state index in [9.17, 15) is 15.0 Å². The van der Waals surface area contributed by atoms with E-state index >= 15 is 0 Å². The molecule has 0 heterocycles. The van der Waals surface area contributed by atoms with Crippen molar-refractivity contribution in [1.29, 1.82) is 0 Å². The summed E-state index contributed by atoms with van der Waals surface area (Å²) in [5.41, 5.74) is 3.45. The Bertz CT molecular complexity index is 484. The molecule has 0 aromatic heterocycles. The fraction of sp³-hybridized carbons (Fsp3) is 0.467. The normalized spacial score (nSPS) is 11.4. The monoisotopic (exact) mass is 278 g/mol. The van der Waals surface area contributed by atoms with Crippen molar-refractivity contribution >= 4 is 11.6 Å². The zero-order valence-electron chi connectivity index (χ0n) is 12.0. The van der Waals surface area contributed by atoms with Crippen molar-refractivity contribution in [3.8, 4) is 11.5 Å². The summed E-state index contributed by atoms with van der Waals surface area (Å²) in [5.74, 6) is -0.207. The predicted octanol–water partition coefficient (Wildman–Crippen LogP) is 2.91. The summed E-state index contributed by atoms with van der Waals surface area (Å²) in [5, 5.41) is 22.8. The first kappa shape index (κ1) is 16.0. The van der Waals surface area contributed by atoms with E-state index in [2.05, 4.69) is 17.5 Å². The number of carbonyl (C=O) groups excluding carboxylic acids is 1. The number of phenols is 2. The van der Waals surface area contributed by atoms with E-state index in [1.165, 1.54) is 12.1 Å². The minimum absolute atomic E-state index is 0.0148. The van der Waals surface area contributed by atoms with Crippen LogP contribution in [0.4, 0.5) is 0 Å². The average Bonchev–Trinajstić information content (AvgIpc) is 2.41. The van der Waals surface area contributed by atoms with Crippen LogP contribution in [0.5, 0.6) is 11.5 Å². The number of nitrogens with one attached hydrogen (secondary N) is 1. The molecular formula is C15H22N2O3. The second kappa shape index (κ2) is 8.19. The maximum atomic E-state index is 11.6. The number of amides is 1. The molecule has 3 N–H and O–H groups in total. The lowest BCUT2D eigenvalue weighted by atomic mass is 10.1. The summed E-state index contributed by atoms with van der Waals surface area (Å²) in [6.07, 6.45) is 4.64. The van der Waals surface area contributed by atoms with Crippen molar-refractivity contribution in [2.45, 2.75) is 46.0 Å². The number of hydrazone groups is 1. The van der Waals surface area contributed by atoms with Crippen molar-refractivity contribution in [2.24, 2.45) is 5.10 Å². The summed E-state index contributed by atoms with van der Waals surface area (Å²) >= 11 is 0. The maximum Gasteiger partial charge on any atom is 0.240 e. The molecule has 0 saturated heterocycles. The van der Waals surface area contributed by atoms with Gasteiger partial charge in [-0.05, 0) is 25.5 Å². The third-order valence-corrected chi connectivity index (χ3v) is 2.98. The number of hydrogen-bond donors (Lipinski definition) is 3. The molecule has 1 rings (SSSR count). The van der Waals surface area contributed by atoms with Gasteiger partial charge in [-0.25, -0.2) is 5.43 Å². The molecule has 0 saturated carbocycles. The fourth-order valence-corrected chi connectivity index (χ4v) is 1.80. The molecule has 1 amide bonds. The number of benzene rings is 1. The fourth-order valence-electron chi connectivity index (χ4n) is 1.80. The van der Waals surface area contributed by atoms with Gasteiger partial charge < -0.3 is 10.2 Å². The first-order chi connectivity index (χ1) is 9.54. The van der Waals surface area contributed by atoms with Crippen LogP contribution in [0.25, 0.3) is 0 Å². The average molecular weight is 278 g/mol. The molecule has 0 aliphatic carbocycles. The standard InChI is InChI=1S/C15H22N2O3/c1-3-4-5-6-7-15(20)17-16-11(2)13-9-8-12(18)10-14(13)19/h8-10,18-19H,3-7H2,1-2H3,(H,17,20). The number of hydrogen-bond acceptors (Lipinski definition) is 4. The number of nitrogens with zero attached hydrogens (tertiary/aromatic N) is 1. The Morgan fingerprint density at radius 2 is 2.00 bits per heavy atom. The van der Waals surface area contributed by atoms with Crippen LogP contribution >= 0.6 is 0 Å². The van der Waals surface area contributed by atoms with Gasteiger partial charge in [0.1, 0.15) is 11.5 Å². The van der Waals surface area contributed by atoms with Crippen LogP contribution in [0.3, 0.4) is 0 Å². The Morgan fingerprint density at radius 3 is 2.65 bits per heavy atom. The van der Waals surface area contributed by atoms with E-state index in [1.807, 2.05) is 0 Å². The smallest absolute Gasteiger partial charge is 0.240 e. The molecule has 1 aromatic rings. The van der Waals surface area contributed by atoms with E-state index in [0.717, 1.165) is 25.7 Å². The molecule has 0 aliphatic rings. The van der Waals surface area contributed by atoms with Gasteiger partial charge in [0.05, 0.1) is 5.71 Å². The summed E-state index contributed by atoms with van der Waals surface area (Å²) in [4.78, 5) is 11.6. The molecule has 5 heteroatoms. The van der Waals surface area contributed by atoms with Crippen molar-refractivity contribution in [3.05, 3.63) is 23.8 Å². The van der Waals surface area contributed by atoms with Gasteiger partial charge in [0.25, 0.3) is 0 Å². The van der Waals surface area contributed by atoms with Gasteiger partial charge in [-0.1, -0.05) is 26.2 Å². The van der Waals surface area contributed by atoms with Crippen LogP contribution < -0.4 is 5.43 Å². The predicted molar refractivity (Wildman–Crippen MR) is 78.9 cm³/mol. The quantitative estimate of drug-likeness (QED) is 0.407. The Morgan fingerprint density at radius 1 is 1.25 bits per heavy atom. The third kappa shape index (κ3) is 5.30. The summed E-state index contributed by atoms with van der Waals surface area (Å²) in [6, 6.07) is 4.25. The first-order valence-corrected chi connectivity index (χ1v) is 6.90. The Hall–Kier alpha value is -2.04. The topological polar surface area (TPSA) is 81.9 Å². The van der Waals surface area contributed by atoms with E-state index in [4.69, 9.17) is 0 Å². The Kier molecular flexibility index (Phi) is 6.56. The Balaban J connectivity index is 2.50. The van der Waals surface area contributed by atoms with Crippen molar-refractivity contribution in [2.75, 3.05) is 0 Å². The molecule has 0 radical (unpaired) electrons. The summed E-state index contributed by atoms with van der Waals surface area (Å²) < 4.78 is 0. The minimum Gasteiger partial charge on any atom is -0.508 e. The second-order valence-corrected chi connectivity index (χ2v) is 4.74. The molecule has 20 heavy (non-hydrogen) atoms. The lowest BCUT2D eigenvalue weighted by Gasteiger charge is -2.05. The SMILES string of the molecule is CCCCCCC(=O)NN=C(C)c1ccc(O)cc1O. The minimum atomic E-state index is -0.126. The van der Waals surface area contributed by atoms with E-state index in [1.54, 1.807) is 13.0 Å². The lowest BCUT2D eigenvalue weighted by molar-refractivity contribution is -0.121. The lowest BCUT2D eigenvalue weighted by Crippen LogP contribution is -2.18. The number of phenolic OH excluding ortho intramolecular Hbond substituents is 2. The second-order valence-electron chi connectivity index (χ2n) is 4.74. The van der Waals surface area contributed by atoms with Crippen LogP contribution in [-0.4, -0.2) is 21.8 Å². The van der Waals surface area contributed by atoms with Crippen LogP contribution in [0, 0.1) is 0 Å². The maximum absolute atomic E-state index is 11.6. The van der Waals surface area contributed by atoms with Crippen molar-refractivity contribution in [3.63, 3.8) is 0 Å². The largest absolute Gasteiger partial charge is 0.508 e. The van der Waals surface area contributed by atoms with Gasteiger partial charge in [-0.15, -0.1) is 0 Å². The first-order valence-electron chi connectivity index (χ1n) is 6.90. The highest BCUT2D eigenvalue weighted by molar-refractivity contribution is 6.01. The number of unbranched alkanes of at least 4 members (excludes halogenated alkanes) is 3. The number of aromatic hydroxyl groups is 2. The molecule has 1 aromatic carbocycles. The summed E-state index contributed by atoms with van der Waals surface area (Å²) in [6.45, 7) is 3.81. The zero-order chi connectivity index (χ0) is 15.0. The highest BCUT2D eigenvalue weighted by atomic mass is 16.3. The van der Waals surface area contributed by atoms with Crippen LogP contribution in [0.2, 0.25) is 0 Å². The van der Waals surface area contributed by atoms with Crippen molar-refractivity contribution in [1.82, 2.24) is 5.43 Å². The molecule has 5 nitrogen and oxygen atoms in total. The number of carbonyl (C=O) groups is 1. The molecule has 0 unspecified atom stereocenters. The number of rotatable bonds is 7. The molecule has 0 fully saturated rings.